The SMILES string of the molecule is N#Cc1c(F)cc(C(F)F)nc1CCl. The molecule has 0 aliphatic rings. The molecule has 0 unspecified atom stereocenters. The van der Waals surface area contributed by atoms with Crippen LogP contribution in [0.3, 0.4) is 0 Å². The van der Waals surface area contributed by atoms with Gasteiger partial charge in [0, 0.05) is 6.07 Å². The summed E-state index contributed by atoms with van der Waals surface area (Å²) in [7, 11) is 0. The Balaban J connectivity index is 3.33. The number of halogens is 4. The molecule has 74 valence electrons. The van der Waals surface area contributed by atoms with Crippen LogP contribution in [0.25, 0.3) is 0 Å². The molecule has 2 nitrogen and oxygen atoms in total. The number of rotatable bonds is 2. The highest BCUT2D eigenvalue weighted by atomic mass is 35.5. The van der Waals surface area contributed by atoms with E-state index >= 15 is 0 Å². The minimum Gasteiger partial charge on any atom is -0.249 e. The summed E-state index contributed by atoms with van der Waals surface area (Å²) >= 11 is 5.33. The number of hydrogen-bond acceptors (Lipinski definition) is 2. The van der Waals surface area contributed by atoms with E-state index in [-0.39, 0.29) is 17.1 Å². The van der Waals surface area contributed by atoms with Crippen LogP contribution in [0.2, 0.25) is 0 Å². The van der Waals surface area contributed by atoms with Crippen molar-refractivity contribution in [3.63, 3.8) is 0 Å². The van der Waals surface area contributed by atoms with Gasteiger partial charge in [-0.3, -0.25) is 0 Å². The predicted octanol–water partition coefficient (Wildman–Crippen LogP) is 2.77. The predicted molar refractivity (Wildman–Crippen MR) is 43.4 cm³/mol. The molecule has 1 rings (SSSR count). The minimum atomic E-state index is -2.88. The van der Waals surface area contributed by atoms with Gasteiger partial charge in [0.2, 0.25) is 0 Å². The van der Waals surface area contributed by atoms with E-state index in [4.69, 9.17) is 16.9 Å². The number of hydrogen-bond donors (Lipinski definition) is 0. The van der Waals surface area contributed by atoms with Crippen molar-refractivity contribution in [2.24, 2.45) is 0 Å². The Morgan fingerprint density at radius 1 is 1.57 bits per heavy atom. The minimum absolute atomic E-state index is 0.163. The molecule has 1 heterocycles. The Bertz CT molecular complexity index is 387. The highest BCUT2D eigenvalue weighted by Crippen LogP contribution is 2.21. The summed E-state index contributed by atoms with van der Waals surface area (Å²) < 4.78 is 37.3. The Morgan fingerprint density at radius 3 is 2.64 bits per heavy atom. The van der Waals surface area contributed by atoms with Crippen molar-refractivity contribution in [2.45, 2.75) is 12.3 Å². The van der Waals surface area contributed by atoms with Gasteiger partial charge < -0.3 is 0 Å². The monoisotopic (exact) mass is 220 g/mol. The smallest absolute Gasteiger partial charge is 0.249 e. The average molecular weight is 221 g/mol. The third-order valence-electron chi connectivity index (χ3n) is 1.53. The van der Waals surface area contributed by atoms with Gasteiger partial charge in [0.25, 0.3) is 6.43 Å². The standard InChI is InChI=1S/C8H4ClF3N2/c9-2-7-4(3-13)5(10)1-6(14-7)8(11)12/h1,8H,2H2. The van der Waals surface area contributed by atoms with Gasteiger partial charge in [-0.1, -0.05) is 0 Å². The molecule has 0 N–H and O–H groups in total. The molecule has 0 aromatic carbocycles. The van der Waals surface area contributed by atoms with E-state index in [1.165, 1.54) is 6.07 Å². The van der Waals surface area contributed by atoms with E-state index in [9.17, 15) is 13.2 Å². The molecule has 0 atom stereocenters. The normalized spacial score (nSPS) is 10.3. The first-order valence-electron chi connectivity index (χ1n) is 3.53. The van der Waals surface area contributed by atoms with Gasteiger partial charge in [-0.15, -0.1) is 11.6 Å². The van der Waals surface area contributed by atoms with Crippen molar-refractivity contribution in [1.29, 1.82) is 5.26 Å². The van der Waals surface area contributed by atoms with E-state index in [1.54, 1.807) is 0 Å². The Labute approximate surface area is 82.9 Å². The lowest BCUT2D eigenvalue weighted by atomic mass is 10.2. The Hall–Kier alpha value is -1.28. The van der Waals surface area contributed by atoms with Crippen molar-refractivity contribution in [3.05, 3.63) is 28.8 Å². The molecular formula is C8H4ClF3N2. The quantitative estimate of drug-likeness (QED) is 0.719. The summed E-state index contributed by atoms with van der Waals surface area (Å²) in [6, 6.07) is 2.06. The molecule has 0 radical (unpaired) electrons. The van der Waals surface area contributed by atoms with Gasteiger partial charge in [-0.05, 0) is 0 Å². The lowest BCUT2D eigenvalue weighted by Crippen LogP contribution is -2.01. The van der Waals surface area contributed by atoms with E-state index in [2.05, 4.69) is 4.98 Å². The molecule has 0 fully saturated rings. The highest BCUT2D eigenvalue weighted by Gasteiger charge is 2.16. The molecule has 0 spiro atoms. The van der Waals surface area contributed by atoms with E-state index in [0.29, 0.717) is 6.07 Å². The van der Waals surface area contributed by atoms with Crippen LogP contribution >= 0.6 is 11.6 Å². The zero-order valence-electron chi connectivity index (χ0n) is 6.77. The highest BCUT2D eigenvalue weighted by molar-refractivity contribution is 6.17. The molecule has 0 aliphatic heterocycles. The van der Waals surface area contributed by atoms with E-state index < -0.39 is 17.9 Å². The maximum Gasteiger partial charge on any atom is 0.280 e. The van der Waals surface area contributed by atoms with Crippen LogP contribution in [-0.4, -0.2) is 4.98 Å². The van der Waals surface area contributed by atoms with Crippen LogP contribution < -0.4 is 0 Å². The fourth-order valence-electron chi connectivity index (χ4n) is 0.910. The zero-order valence-corrected chi connectivity index (χ0v) is 7.52. The molecule has 0 aliphatic carbocycles. The first-order valence-corrected chi connectivity index (χ1v) is 4.07. The second-order valence-corrected chi connectivity index (χ2v) is 2.66. The number of pyridine rings is 1. The molecule has 0 saturated carbocycles. The molecular weight excluding hydrogens is 217 g/mol. The van der Waals surface area contributed by atoms with Gasteiger partial charge in [0.1, 0.15) is 23.1 Å². The van der Waals surface area contributed by atoms with Crippen molar-refractivity contribution in [2.75, 3.05) is 0 Å². The first-order chi connectivity index (χ1) is 6.60. The van der Waals surface area contributed by atoms with Crippen LogP contribution in [-0.2, 0) is 5.88 Å². The number of nitriles is 1. The van der Waals surface area contributed by atoms with Crippen molar-refractivity contribution >= 4 is 11.6 Å². The van der Waals surface area contributed by atoms with Crippen LogP contribution in [0.5, 0.6) is 0 Å². The van der Waals surface area contributed by atoms with E-state index in [0.717, 1.165) is 0 Å². The number of aromatic nitrogens is 1. The zero-order chi connectivity index (χ0) is 10.7. The Kier molecular flexibility index (Phi) is 3.31. The fraction of sp³-hybridized carbons (Fsp3) is 0.250. The molecule has 6 heteroatoms. The van der Waals surface area contributed by atoms with Crippen molar-refractivity contribution < 1.29 is 13.2 Å². The topological polar surface area (TPSA) is 36.7 Å². The second-order valence-electron chi connectivity index (χ2n) is 2.40. The number of alkyl halides is 3. The maximum absolute atomic E-state index is 13.0. The summed E-state index contributed by atoms with van der Waals surface area (Å²) in [5.74, 6) is -1.30. The summed E-state index contributed by atoms with van der Waals surface area (Å²) in [5, 5.41) is 8.48. The Morgan fingerprint density at radius 2 is 2.21 bits per heavy atom. The van der Waals surface area contributed by atoms with Crippen molar-refractivity contribution in [1.82, 2.24) is 4.98 Å². The van der Waals surface area contributed by atoms with Gasteiger partial charge in [0.15, 0.2) is 0 Å². The third kappa shape index (κ3) is 1.96. The average Bonchev–Trinajstić information content (AvgIpc) is 2.16. The summed E-state index contributed by atoms with van der Waals surface area (Å²) in [6.07, 6.45) is -2.88. The van der Waals surface area contributed by atoms with Crippen molar-refractivity contribution in [3.8, 4) is 6.07 Å². The molecule has 14 heavy (non-hydrogen) atoms. The lowest BCUT2D eigenvalue weighted by Gasteiger charge is -2.04. The van der Waals surface area contributed by atoms with Gasteiger partial charge in [-0.25, -0.2) is 18.2 Å². The third-order valence-corrected chi connectivity index (χ3v) is 1.78. The van der Waals surface area contributed by atoms with Crippen LogP contribution in [0.15, 0.2) is 6.07 Å². The second kappa shape index (κ2) is 4.29. The largest absolute Gasteiger partial charge is 0.280 e. The molecule has 0 saturated heterocycles. The maximum atomic E-state index is 13.0. The fourth-order valence-corrected chi connectivity index (χ4v) is 1.10. The molecule has 0 amide bonds. The molecule has 1 aromatic heterocycles. The van der Waals surface area contributed by atoms with Crippen LogP contribution in [0.4, 0.5) is 13.2 Å². The lowest BCUT2D eigenvalue weighted by molar-refractivity contribution is 0.145. The van der Waals surface area contributed by atoms with Gasteiger partial charge in [-0.2, -0.15) is 5.26 Å². The van der Waals surface area contributed by atoms with Crippen LogP contribution in [0, 0.1) is 17.1 Å². The van der Waals surface area contributed by atoms with E-state index in [1.807, 2.05) is 0 Å². The molecule has 0 bridgehead atoms. The molecule has 1 aromatic rings. The first kappa shape index (κ1) is 10.8. The summed E-state index contributed by atoms with van der Waals surface area (Å²) in [5.41, 5.74) is -1.26. The summed E-state index contributed by atoms with van der Waals surface area (Å²) in [4.78, 5) is 3.38. The number of nitrogens with zero attached hydrogens (tertiary/aromatic N) is 2. The van der Waals surface area contributed by atoms with Gasteiger partial charge >= 0.3 is 0 Å². The van der Waals surface area contributed by atoms with Crippen LogP contribution in [0.1, 0.15) is 23.4 Å². The summed E-state index contributed by atoms with van der Waals surface area (Å²) in [6.45, 7) is 0. The van der Waals surface area contributed by atoms with Gasteiger partial charge in [0.05, 0.1) is 11.6 Å².